The molecule has 0 unspecified atom stereocenters. The second-order valence-electron chi connectivity index (χ2n) is 8.19. The van der Waals surface area contributed by atoms with E-state index in [1.165, 1.54) is 18.5 Å². The normalized spacial score (nSPS) is 17.8. The molecule has 2 aromatic rings. The van der Waals surface area contributed by atoms with Crippen molar-refractivity contribution >= 4 is 11.7 Å². The van der Waals surface area contributed by atoms with Crippen molar-refractivity contribution in [3.63, 3.8) is 0 Å². The Morgan fingerprint density at radius 1 is 0.964 bits per heavy atom. The predicted molar refractivity (Wildman–Crippen MR) is 110 cm³/mol. The zero-order valence-electron chi connectivity index (χ0n) is 17.1. The van der Waals surface area contributed by atoms with E-state index in [-0.39, 0.29) is 11.7 Å². The largest absolute Gasteiger partial charge is 0.345 e. The average molecular weight is 380 g/mol. The maximum absolute atomic E-state index is 12.9. The average Bonchev–Trinajstić information content (AvgIpc) is 3.47. The highest BCUT2D eigenvalue weighted by molar-refractivity contribution is 5.99. The van der Waals surface area contributed by atoms with Crippen LogP contribution in [-0.2, 0) is 0 Å². The maximum atomic E-state index is 12.9. The number of Topliss-reactive ketones (excluding diaryl/α,β-unsaturated/α-hetero) is 1. The topological polar surface area (TPSA) is 45.6 Å². The van der Waals surface area contributed by atoms with Crippen LogP contribution in [0.4, 0.5) is 0 Å². The molecule has 2 aliphatic rings. The number of carbonyl (C=O) groups excluding carboxylic acids is 2. The van der Waals surface area contributed by atoms with Crippen LogP contribution in [0.15, 0.2) is 30.3 Å². The molecule has 0 atom stereocenters. The van der Waals surface area contributed by atoms with Crippen LogP contribution in [0, 0.1) is 20.8 Å². The Labute approximate surface area is 166 Å². The first-order valence-electron chi connectivity index (χ1n) is 10.2. The SMILES string of the molecule is Cc1ccccc1C(=O)N1CCN(CC(=O)c2cc(C)n(C3CC3)c2C)CC1. The molecule has 1 saturated carbocycles. The van der Waals surface area contributed by atoms with E-state index in [9.17, 15) is 9.59 Å². The zero-order valence-corrected chi connectivity index (χ0v) is 17.1. The van der Waals surface area contributed by atoms with E-state index in [2.05, 4.69) is 23.3 Å². The number of rotatable bonds is 5. The van der Waals surface area contributed by atoms with Gasteiger partial charge in [0.1, 0.15) is 0 Å². The van der Waals surface area contributed by atoms with Crippen LogP contribution < -0.4 is 0 Å². The highest BCUT2D eigenvalue weighted by Crippen LogP contribution is 2.38. The molecule has 1 aromatic heterocycles. The smallest absolute Gasteiger partial charge is 0.254 e. The molecule has 1 aliphatic carbocycles. The van der Waals surface area contributed by atoms with Gasteiger partial charge in [-0.2, -0.15) is 0 Å². The lowest BCUT2D eigenvalue weighted by Gasteiger charge is -2.34. The van der Waals surface area contributed by atoms with Crippen LogP contribution in [0.3, 0.4) is 0 Å². The van der Waals surface area contributed by atoms with E-state index in [4.69, 9.17) is 0 Å². The Kier molecular flexibility index (Phi) is 5.11. The standard InChI is InChI=1S/C23H29N3O2/c1-16-6-4-5-7-20(16)23(28)25-12-10-24(11-13-25)15-22(27)21-14-17(2)26(18(21)3)19-8-9-19/h4-7,14,19H,8-13,15H2,1-3H3. The summed E-state index contributed by atoms with van der Waals surface area (Å²) in [5.74, 6) is 0.288. The molecule has 28 heavy (non-hydrogen) atoms. The van der Waals surface area contributed by atoms with Crippen molar-refractivity contribution in [1.82, 2.24) is 14.4 Å². The number of nitrogens with zero attached hydrogens (tertiary/aromatic N) is 3. The Hall–Kier alpha value is -2.40. The molecule has 5 nitrogen and oxygen atoms in total. The van der Waals surface area contributed by atoms with Gasteiger partial charge < -0.3 is 9.47 Å². The van der Waals surface area contributed by atoms with Crippen molar-refractivity contribution in [3.8, 4) is 0 Å². The molecule has 2 heterocycles. The lowest BCUT2D eigenvalue weighted by molar-refractivity contribution is 0.0623. The van der Waals surface area contributed by atoms with Crippen molar-refractivity contribution in [1.29, 1.82) is 0 Å². The van der Waals surface area contributed by atoms with Gasteiger partial charge in [-0.15, -0.1) is 0 Å². The van der Waals surface area contributed by atoms with Crippen LogP contribution in [0.1, 0.15) is 56.6 Å². The fourth-order valence-electron chi connectivity index (χ4n) is 4.33. The van der Waals surface area contributed by atoms with Crippen LogP contribution in [-0.4, -0.2) is 58.8 Å². The summed E-state index contributed by atoms with van der Waals surface area (Å²) in [5.41, 5.74) is 4.95. The monoisotopic (exact) mass is 379 g/mol. The van der Waals surface area contributed by atoms with Gasteiger partial charge in [0.25, 0.3) is 5.91 Å². The number of carbonyl (C=O) groups is 2. The minimum atomic E-state index is 0.0945. The van der Waals surface area contributed by atoms with Crippen LogP contribution in [0.5, 0.6) is 0 Å². The van der Waals surface area contributed by atoms with Gasteiger partial charge >= 0.3 is 0 Å². The first-order valence-corrected chi connectivity index (χ1v) is 10.2. The van der Waals surface area contributed by atoms with Crippen molar-refractivity contribution in [2.45, 2.75) is 39.7 Å². The molecule has 0 N–H and O–H groups in total. The third-order valence-corrected chi connectivity index (χ3v) is 6.10. The van der Waals surface area contributed by atoms with Crippen molar-refractivity contribution < 1.29 is 9.59 Å². The van der Waals surface area contributed by atoms with Gasteiger partial charge in [-0.25, -0.2) is 0 Å². The summed E-state index contributed by atoms with van der Waals surface area (Å²) >= 11 is 0. The molecular formula is C23H29N3O2. The summed E-state index contributed by atoms with van der Waals surface area (Å²) in [6.07, 6.45) is 2.45. The quantitative estimate of drug-likeness (QED) is 0.748. The summed E-state index contributed by atoms with van der Waals surface area (Å²) in [5, 5.41) is 0. The summed E-state index contributed by atoms with van der Waals surface area (Å²) < 4.78 is 2.33. The minimum absolute atomic E-state index is 0.0945. The van der Waals surface area contributed by atoms with E-state index in [0.717, 1.165) is 35.5 Å². The maximum Gasteiger partial charge on any atom is 0.254 e. The van der Waals surface area contributed by atoms with Crippen molar-refractivity contribution in [2.24, 2.45) is 0 Å². The number of hydrogen-bond donors (Lipinski definition) is 0. The molecule has 0 bridgehead atoms. The van der Waals surface area contributed by atoms with Gasteiger partial charge in [0, 0.05) is 54.7 Å². The fourth-order valence-corrected chi connectivity index (χ4v) is 4.33. The predicted octanol–water partition coefficient (Wildman–Crippen LogP) is 3.39. The summed E-state index contributed by atoms with van der Waals surface area (Å²) in [6, 6.07) is 10.4. The third kappa shape index (κ3) is 3.63. The number of piperazine rings is 1. The Bertz CT molecular complexity index is 903. The van der Waals surface area contributed by atoms with E-state index >= 15 is 0 Å². The molecule has 1 aliphatic heterocycles. The number of ketones is 1. The lowest BCUT2D eigenvalue weighted by atomic mass is 10.1. The Morgan fingerprint density at radius 2 is 1.64 bits per heavy atom. The van der Waals surface area contributed by atoms with Crippen molar-refractivity contribution in [2.75, 3.05) is 32.7 Å². The van der Waals surface area contributed by atoms with Gasteiger partial charge in [-0.3, -0.25) is 14.5 Å². The second-order valence-corrected chi connectivity index (χ2v) is 8.19. The second kappa shape index (κ2) is 7.55. The zero-order chi connectivity index (χ0) is 19.8. The van der Waals surface area contributed by atoms with Gasteiger partial charge in [-0.1, -0.05) is 18.2 Å². The molecule has 0 radical (unpaired) electrons. The fraction of sp³-hybridized carbons (Fsp3) is 0.478. The van der Waals surface area contributed by atoms with Crippen molar-refractivity contribution in [3.05, 3.63) is 58.4 Å². The number of benzene rings is 1. The molecule has 1 amide bonds. The minimum Gasteiger partial charge on any atom is -0.345 e. The van der Waals surface area contributed by atoms with E-state index in [1.807, 2.05) is 42.2 Å². The van der Waals surface area contributed by atoms with E-state index in [1.54, 1.807) is 0 Å². The Morgan fingerprint density at radius 3 is 2.29 bits per heavy atom. The molecular weight excluding hydrogens is 350 g/mol. The van der Waals surface area contributed by atoms with Gasteiger partial charge in [0.15, 0.2) is 5.78 Å². The van der Waals surface area contributed by atoms with Gasteiger partial charge in [0.2, 0.25) is 0 Å². The number of hydrogen-bond acceptors (Lipinski definition) is 3. The first-order chi connectivity index (χ1) is 13.5. The molecule has 1 saturated heterocycles. The molecule has 1 aromatic carbocycles. The van der Waals surface area contributed by atoms with E-state index in [0.29, 0.717) is 25.7 Å². The summed E-state index contributed by atoms with van der Waals surface area (Å²) in [6.45, 7) is 9.38. The Balaban J connectivity index is 1.36. The number of aromatic nitrogens is 1. The van der Waals surface area contributed by atoms with Gasteiger partial charge in [0.05, 0.1) is 6.54 Å². The van der Waals surface area contributed by atoms with Crippen LogP contribution in [0.25, 0.3) is 0 Å². The molecule has 5 heteroatoms. The summed E-state index contributed by atoms with van der Waals surface area (Å²) in [4.78, 5) is 29.7. The van der Waals surface area contributed by atoms with Crippen LogP contribution >= 0.6 is 0 Å². The van der Waals surface area contributed by atoms with E-state index < -0.39 is 0 Å². The summed E-state index contributed by atoms with van der Waals surface area (Å²) in [7, 11) is 0. The van der Waals surface area contributed by atoms with Gasteiger partial charge in [-0.05, 0) is 51.3 Å². The lowest BCUT2D eigenvalue weighted by Crippen LogP contribution is -2.50. The van der Waals surface area contributed by atoms with Crippen LogP contribution in [0.2, 0.25) is 0 Å². The first kappa shape index (κ1) is 18.9. The highest BCUT2D eigenvalue weighted by Gasteiger charge is 2.29. The molecule has 2 fully saturated rings. The third-order valence-electron chi connectivity index (χ3n) is 6.10. The molecule has 4 rings (SSSR count). The molecule has 148 valence electrons. The molecule has 0 spiro atoms. The highest BCUT2D eigenvalue weighted by atomic mass is 16.2. The number of amides is 1. The number of aryl methyl sites for hydroxylation is 2.